The summed E-state index contributed by atoms with van der Waals surface area (Å²) in [5.74, 6) is 1.17. The molecule has 0 radical (unpaired) electrons. The number of carbonyl (C=O) groups excluding carboxylic acids is 1. The fourth-order valence-corrected chi connectivity index (χ4v) is 5.67. The Morgan fingerprint density at radius 2 is 2.13 bits per heavy atom. The molecular weight excluding hydrogens is 404 g/mol. The van der Waals surface area contributed by atoms with Gasteiger partial charge in [0.2, 0.25) is 0 Å². The van der Waals surface area contributed by atoms with Gasteiger partial charge in [-0.2, -0.15) is 0 Å². The minimum Gasteiger partial charge on any atom is -0.504 e. The van der Waals surface area contributed by atoms with E-state index in [2.05, 4.69) is 11.8 Å². The summed E-state index contributed by atoms with van der Waals surface area (Å²) in [4.78, 5) is 20.1. The molecule has 30 heavy (non-hydrogen) atoms. The molecule has 3 aliphatic heterocycles. The monoisotopic (exact) mass is 432 g/mol. The van der Waals surface area contributed by atoms with E-state index in [1.807, 2.05) is 12.1 Å². The topological polar surface area (TPSA) is 60.4 Å². The molecule has 0 spiro atoms. The lowest BCUT2D eigenvalue weighted by atomic mass is 9.71. The molecule has 0 amide bonds. The van der Waals surface area contributed by atoms with Gasteiger partial charge in [-0.1, -0.05) is 24.9 Å². The van der Waals surface area contributed by atoms with Gasteiger partial charge in [0.15, 0.2) is 0 Å². The first-order chi connectivity index (χ1) is 14.5. The third-order valence-corrected chi connectivity index (χ3v) is 7.07. The summed E-state index contributed by atoms with van der Waals surface area (Å²) in [6, 6.07) is 3.98. The van der Waals surface area contributed by atoms with Gasteiger partial charge in [-0.3, -0.25) is 9.89 Å². The minimum absolute atomic E-state index is 0.0688. The van der Waals surface area contributed by atoms with Crippen molar-refractivity contribution in [3.8, 4) is 5.75 Å². The molecule has 162 valence electrons. The highest BCUT2D eigenvalue weighted by atomic mass is 35.5. The van der Waals surface area contributed by atoms with Crippen molar-refractivity contribution in [2.75, 3.05) is 34.4 Å². The fraction of sp³-hybridized carbons (Fsp3) is 0.565. The molecule has 0 saturated carbocycles. The van der Waals surface area contributed by atoms with Gasteiger partial charge in [-0.05, 0) is 43.4 Å². The normalized spacial score (nSPS) is 28.2. The molecule has 2 unspecified atom stereocenters. The number of hydrogen-bond donors (Lipinski definition) is 0. The number of nitrogens with zero attached hydrogens (tertiary/aromatic N) is 2. The fourth-order valence-electron chi connectivity index (χ4n) is 5.47. The zero-order valence-corrected chi connectivity index (χ0v) is 18.7. The van der Waals surface area contributed by atoms with Gasteiger partial charge in [0.05, 0.1) is 38.9 Å². The molecule has 4 rings (SSSR count). The first kappa shape index (κ1) is 21.2. The summed E-state index contributed by atoms with van der Waals surface area (Å²) in [6.45, 7) is 4.12. The van der Waals surface area contributed by atoms with E-state index >= 15 is 0 Å². The van der Waals surface area contributed by atoms with Gasteiger partial charge in [0.25, 0.3) is 0 Å². The summed E-state index contributed by atoms with van der Waals surface area (Å²) in [7, 11) is 4.68. The van der Waals surface area contributed by atoms with Crippen LogP contribution in [0.25, 0.3) is 0 Å². The Labute approximate surface area is 182 Å². The van der Waals surface area contributed by atoms with Gasteiger partial charge in [0.1, 0.15) is 5.75 Å². The highest BCUT2D eigenvalue weighted by Gasteiger charge is 2.47. The van der Waals surface area contributed by atoms with Crippen molar-refractivity contribution in [2.24, 2.45) is 16.8 Å². The van der Waals surface area contributed by atoms with Crippen molar-refractivity contribution in [3.05, 3.63) is 34.6 Å². The predicted molar refractivity (Wildman–Crippen MR) is 117 cm³/mol. The highest BCUT2D eigenvalue weighted by molar-refractivity contribution is 6.31. The SMILES string of the molecule is CC[C@@H]1CN2CCC3C(=Nc4cc(Cl)cc(OC)c43)C2C[C@@H]1/C(=C\OC)C(=O)OC. The van der Waals surface area contributed by atoms with Crippen LogP contribution in [0.2, 0.25) is 5.02 Å². The number of halogens is 1. The zero-order valence-electron chi connectivity index (χ0n) is 18.0. The second-order valence-corrected chi connectivity index (χ2v) is 8.68. The summed E-state index contributed by atoms with van der Waals surface area (Å²) in [5.41, 5.74) is 3.84. The molecule has 4 atom stereocenters. The number of carbonyl (C=O) groups is 1. The molecule has 3 heterocycles. The molecule has 2 fully saturated rings. The maximum Gasteiger partial charge on any atom is 0.337 e. The maximum absolute atomic E-state index is 12.5. The van der Waals surface area contributed by atoms with Crippen molar-refractivity contribution in [3.63, 3.8) is 0 Å². The van der Waals surface area contributed by atoms with Crippen molar-refractivity contribution in [2.45, 2.75) is 38.1 Å². The zero-order chi connectivity index (χ0) is 21.4. The molecule has 0 N–H and O–H groups in total. The summed E-state index contributed by atoms with van der Waals surface area (Å²) in [6.07, 6.45) is 4.38. The number of fused-ring (bicyclic) bond motifs is 5. The van der Waals surface area contributed by atoms with E-state index in [-0.39, 0.29) is 23.8 Å². The number of benzene rings is 1. The number of methoxy groups -OCH3 is 3. The molecule has 1 aromatic carbocycles. The van der Waals surface area contributed by atoms with E-state index in [4.69, 9.17) is 30.8 Å². The second-order valence-electron chi connectivity index (χ2n) is 8.24. The number of hydrogen-bond acceptors (Lipinski definition) is 6. The van der Waals surface area contributed by atoms with E-state index in [0.29, 0.717) is 16.5 Å². The minimum atomic E-state index is -0.314. The lowest BCUT2D eigenvalue weighted by Gasteiger charge is -2.48. The summed E-state index contributed by atoms with van der Waals surface area (Å²) < 4.78 is 16.0. The number of aliphatic imine (C=N–C) groups is 1. The van der Waals surface area contributed by atoms with Crippen LogP contribution in [0.4, 0.5) is 5.69 Å². The third kappa shape index (κ3) is 3.50. The Kier molecular flexibility index (Phi) is 6.07. The Morgan fingerprint density at radius 1 is 1.33 bits per heavy atom. The van der Waals surface area contributed by atoms with Gasteiger partial charge in [0, 0.05) is 34.8 Å². The van der Waals surface area contributed by atoms with Crippen LogP contribution < -0.4 is 4.74 Å². The molecule has 0 bridgehead atoms. The van der Waals surface area contributed by atoms with Gasteiger partial charge < -0.3 is 14.2 Å². The lowest BCUT2D eigenvalue weighted by molar-refractivity contribution is -0.137. The van der Waals surface area contributed by atoms with Crippen LogP contribution in [0.1, 0.15) is 37.7 Å². The molecule has 3 aliphatic rings. The van der Waals surface area contributed by atoms with Gasteiger partial charge >= 0.3 is 5.97 Å². The molecule has 1 aromatic rings. The number of rotatable bonds is 5. The number of ether oxygens (including phenoxy) is 3. The van der Waals surface area contributed by atoms with Gasteiger partial charge in [-0.25, -0.2) is 4.79 Å². The Balaban J connectivity index is 1.69. The van der Waals surface area contributed by atoms with Crippen molar-refractivity contribution in [1.29, 1.82) is 0 Å². The van der Waals surface area contributed by atoms with Crippen molar-refractivity contribution in [1.82, 2.24) is 4.90 Å². The first-order valence-electron chi connectivity index (χ1n) is 10.5. The third-order valence-electron chi connectivity index (χ3n) is 6.85. The Morgan fingerprint density at radius 3 is 2.80 bits per heavy atom. The predicted octanol–water partition coefficient (Wildman–Crippen LogP) is 4.34. The van der Waals surface area contributed by atoms with Crippen LogP contribution >= 0.6 is 11.6 Å². The summed E-state index contributed by atoms with van der Waals surface area (Å²) >= 11 is 6.30. The average molecular weight is 433 g/mol. The quantitative estimate of drug-likeness (QED) is 0.393. The van der Waals surface area contributed by atoms with Crippen LogP contribution in [-0.2, 0) is 14.3 Å². The van der Waals surface area contributed by atoms with E-state index in [9.17, 15) is 4.79 Å². The molecular formula is C23H29ClN2O4. The molecule has 0 aromatic heterocycles. The maximum atomic E-state index is 12.5. The van der Waals surface area contributed by atoms with Gasteiger partial charge in [-0.15, -0.1) is 0 Å². The molecule has 0 aliphatic carbocycles. The van der Waals surface area contributed by atoms with Crippen LogP contribution in [0.3, 0.4) is 0 Å². The van der Waals surface area contributed by atoms with E-state index < -0.39 is 0 Å². The van der Waals surface area contributed by atoms with Crippen LogP contribution in [0.5, 0.6) is 5.75 Å². The number of esters is 1. The van der Waals surface area contributed by atoms with Crippen LogP contribution in [0, 0.1) is 11.8 Å². The smallest absolute Gasteiger partial charge is 0.337 e. The van der Waals surface area contributed by atoms with Crippen LogP contribution in [-0.4, -0.2) is 57.0 Å². The van der Waals surface area contributed by atoms with E-state index in [0.717, 1.165) is 55.1 Å². The Hall–Kier alpha value is -2.05. The largest absolute Gasteiger partial charge is 0.504 e. The standard InChI is InChI=1S/C23H29ClN2O4/c1-5-13-11-26-7-6-15-21-18(8-14(24)9-20(21)29-3)25-22(15)19(26)10-16(13)17(12-28-2)23(27)30-4/h8-9,12-13,15-16,19H,5-7,10-11H2,1-4H3/b17-12+/t13-,15?,16+,19?/m1/s1. The average Bonchev–Trinajstić information content (AvgIpc) is 3.14. The second kappa shape index (κ2) is 8.60. The summed E-state index contributed by atoms with van der Waals surface area (Å²) in [5, 5.41) is 0.633. The van der Waals surface area contributed by atoms with E-state index in [1.165, 1.54) is 7.11 Å². The lowest BCUT2D eigenvalue weighted by Crippen LogP contribution is -2.55. The van der Waals surface area contributed by atoms with Crippen molar-refractivity contribution < 1.29 is 19.0 Å². The molecule has 7 heteroatoms. The van der Waals surface area contributed by atoms with Crippen molar-refractivity contribution >= 4 is 29.0 Å². The molecule has 6 nitrogen and oxygen atoms in total. The first-order valence-corrected chi connectivity index (χ1v) is 10.9. The van der Waals surface area contributed by atoms with Crippen LogP contribution in [0.15, 0.2) is 29.0 Å². The highest BCUT2D eigenvalue weighted by Crippen LogP contribution is 2.50. The molecule has 2 saturated heterocycles. The number of piperidine rings is 2. The Bertz CT molecular complexity index is 897. The van der Waals surface area contributed by atoms with E-state index in [1.54, 1.807) is 20.5 Å².